The molecule has 0 aliphatic heterocycles. The maximum atomic E-state index is 12.6. The number of carbonyl (C=O) groups excluding carboxylic acids is 2. The molecule has 3 aromatic rings. The van der Waals surface area contributed by atoms with Crippen molar-refractivity contribution in [3.8, 4) is 5.69 Å². The van der Waals surface area contributed by atoms with Gasteiger partial charge in [0.05, 0.1) is 11.1 Å². The average Bonchev–Trinajstić information content (AvgIpc) is 3.09. The number of carbonyl (C=O) groups is 2. The van der Waals surface area contributed by atoms with Crippen molar-refractivity contribution in [2.75, 3.05) is 37.9 Å². The van der Waals surface area contributed by atoms with Crippen LogP contribution in [0.3, 0.4) is 0 Å². The summed E-state index contributed by atoms with van der Waals surface area (Å²) in [7, 11) is 5.60. The molecule has 10 nitrogen and oxygen atoms in total. The van der Waals surface area contributed by atoms with Gasteiger partial charge in [0.1, 0.15) is 15.6 Å². The van der Waals surface area contributed by atoms with E-state index in [-0.39, 0.29) is 5.91 Å². The van der Waals surface area contributed by atoms with Gasteiger partial charge in [-0.25, -0.2) is 19.4 Å². The molecule has 2 amide bonds. The van der Waals surface area contributed by atoms with Crippen LogP contribution in [0.5, 0.6) is 0 Å². The predicted octanol–water partition coefficient (Wildman–Crippen LogP) is 3.85. The minimum Gasteiger partial charge on any atom is -0.444 e. The summed E-state index contributed by atoms with van der Waals surface area (Å²) in [6.07, 6.45) is 4.13. The lowest BCUT2D eigenvalue weighted by Crippen LogP contribution is -2.27. The number of rotatable bonds is 6. The highest BCUT2D eigenvalue weighted by Gasteiger charge is 2.21. The fourth-order valence-electron chi connectivity index (χ4n) is 3.02. The van der Waals surface area contributed by atoms with Crippen molar-refractivity contribution in [2.45, 2.75) is 26.4 Å². The lowest BCUT2D eigenvalue weighted by Gasteiger charge is -2.19. The van der Waals surface area contributed by atoms with E-state index >= 15 is 0 Å². The van der Waals surface area contributed by atoms with Gasteiger partial charge in [-0.2, -0.15) is 5.10 Å². The van der Waals surface area contributed by atoms with Crippen molar-refractivity contribution < 1.29 is 14.3 Å². The molecule has 0 aliphatic rings. The number of anilines is 2. The fraction of sp³-hybridized carbons (Fsp3) is 0.348. The first kappa shape index (κ1) is 25.6. The minimum absolute atomic E-state index is 0.134. The van der Waals surface area contributed by atoms with Crippen LogP contribution < -0.4 is 10.2 Å². The Hall–Kier alpha value is -3.06. The van der Waals surface area contributed by atoms with Crippen LogP contribution in [0.2, 0.25) is 0 Å². The molecule has 180 valence electrons. The van der Waals surface area contributed by atoms with E-state index < -0.39 is 11.7 Å². The number of hydrogen-bond acceptors (Lipinski definition) is 7. The number of benzene rings is 1. The van der Waals surface area contributed by atoms with Crippen molar-refractivity contribution in [1.82, 2.24) is 24.6 Å². The highest BCUT2D eigenvalue weighted by molar-refractivity contribution is 14.1. The Morgan fingerprint density at radius 1 is 1.21 bits per heavy atom. The summed E-state index contributed by atoms with van der Waals surface area (Å²) in [5.74, 6) is 0.175. The summed E-state index contributed by atoms with van der Waals surface area (Å²) in [6, 6.07) is 7.42. The highest BCUT2D eigenvalue weighted by atomic mass is 127. The summed E-state index contributed by atoms with van der Waals surface area (Å²) in [5, 5.41) is 7.88. The first-order valence-corrected chi connectivity index (χ1v) is 11.6. The van der Waals surface area contributed by atoms with Gasteiger partial charge < -0.3 is 14.5 Å². The molecule has 0 spiro atoms. The largest absolute Gasteiger partial charge is 0.444 e. The Bertz CT molecular complexity index is 1230. The van der Waals surface area contributed by atoms with Crippen LogP contribution in [-0.2, 0) is 9.53 Å². The number of nitrogens with one attached hydrogen (secondary N) is 1. The summed E-state index contributed by atoms with van der Waals surface area (Å²) < 4.78 is 7.61. The van der Waals surface area contributed by atoms with E-state index in [4.69, 9.17) is 4.74 Å². The summed E-state index contributed by atoms with van der Waals surface area (Å²) in [5.41, 5.74) is 1.29. The van der Waals surface area contributed by atoms with Gasteiger partial charge in [-0.05, 0) is 75.7 Å². The van der Waals surface area contributed by atoms with Crippen LogP contribution in [0.1, 0.15) is 20.8 Å². The molecular formula is C23H28IN7O3. The third-order valence-corrected chi connectivity index (χ3v) is 5.32. The van der Waals surface area contributed by atoms with Gasteiger partial charge in [0.2, 0.25) is 5.91 Å². The molecular weight excluding hydrogens is 549 g/mol. The molecule has 0 fully saturated rings. The second kappa shape index (κ2) is 10.5. The Balaban J connectivity index is 1.92. The van der Waals surface area contributed by atoms with Crippen LogP contribution in [0, 0.1) is 3.70 Å². The molecule has 2 heterocycles. The molecule has 0 aliphatic carbocycles. The Labute approximate surface area is 212 Å². The van der Waals surface area contributed by atoms with E-state index in [1.807, 2.05) is 49.3 Å². The molecule has 2 aromatic heterocycles. The molecule has 3 rings (SSSR count). The maximum Gasteiger partial charge on any atom is 0.413 e. The van der Waals surface area contributed by atoms with Gasteiger partial charge in [-0.3, -0.25) is 10.1 Å². The zero-order chi connectivity index (χ0) is 25.0. The number of hydrogen-bond donors (Lipinski definition) is 1. The zero-order valence-corrected chi connectivity index (χ0v) is 22.2. The van der Waals surface area contributed by atoms with Crippen molar-refractivity contribution in [2.24, 2.45) is 0 Å². The molecule has 0 atom stereocenters. The normalized spacial score (nSPS) is 11.9. The molecule has 0 saturated heterocycles. The summed E-state index contributed by atoms with van der Waals surface area (Å²) in [6.45, 7) is 6.04. The number of fused-ring (bicyclic) bond motifs is 1. The van der Waals surface area contributed by atoms with Gasteiger partial charge >= 0.3 is 6.09 Å². The third-order valence-electron chi connectivity index (χ3n) is 4.56. The van der Waals surface area contributed by atoms with Gasteiger partial charge in [0.15, 0.2) is 11.5 Å². The van der Waals surface area contributed by atoms with Crippen molar-refractivity contribution in [1.29, 1.82) is 0 Å². The van der Waals surface area contributed by atoms with Gasteiger partial charge in [0.25, 0.3) is 0 Å². The second-order valence-electron chi connectivity index (χ2n) is 8.83. The molecule has 0 bridgehead atoms. The van der Waals surface area contributed by atoms with Gasteiger partial charge in [0, 0.05) is 25.4 Å². The van der Waals surface area contributed by atoms with E-state index in [2.05, 4.69) is 43.0 Å². The number of likely N-dealkylation sites (N-methyl/N-ethyl adjacent to an activating group) is 2. The SMILES string of the molecule is CN(C)C/C=C/C(=O)N(C)c1cccc(-n2nc(I)c3c(NC(=O)OC(C)(C)C)ncnc32)c1. The Morgan fingerprint density at radius 2 is 1.94 bits per heavy atom. The van der Waals surface area contributed by atoms with E-state index in [1.165, 1.54) is 6.33 Å². The monoisotopic (exact) mass is 577 g/mol. The Morgan fingerprint density at radius 3 is 2.62 bits per heavy atom. The van der Waals surface area contributed by atoms with Crippen LogP contribution in [0.15, 0.2) is 42.7 Å². The fourth-order valence-corrected chi connectivity index (χ4v) is 3.74. The molecule has 0 saturated carbocycles. The quantitative estimate of drug-likeness (QED) is 0.351. The third kappa shape index (κ3) is 6.29. The van der Waals surface area contributed by atoms with Crippen molar-refractivity contribution in [3.05, 3.63) is 46.4 Å². The van der Waals surface area contributed by atoms with Crippen LogP contribution in [0.25, 0.3) is 16.7 Å². The van der Waals surface area contributed by atoms with E-state index in [9.17, 15) is 9.59 Å². The smallest absolute Gasteiger partial charge is 0.413 e. The second-order valence-corrected chi connectivity index (χ2v) is 9.85. The lowest BCUT2D eigenvalue weighted by molar-refractivity contribution is -0.113. The van der Waals surface area contributed by atoms with E-state index in [0.717, 1.165) is 0 Å². The van der Waals surface area contributed by atoms with Crippen molar-refractivity contribution >= 4 is 57.1 Å². The molecule has 0 radical (unpaired) electrons. The number of aromatic nitrogens is 4. The summed E-state index contributed by atoms with van der Waals surface area (Å²) >= 11 is 2.08. The maximum absolute atomic E-state index is 12.6. The molecule has 1 aromatic carbocycles. The average molecular weight is 577 g/mol. The zero-order valence-electron chi connectivity index (χ0n) is 20.0. The lowest BCUT2D eigenvalue weighted by atomic mass is 10.2. The molecule has 11 heteroatoms. The summed E-state index contributed by atoms with van der Waals surface area (Å²) in [4.78, 5) is 37.0. The van der Waals surface area contributed by atoms with Crippen molar-refractivity contribution in [3.63, 3.8) is 0 Å². The molecule has 34 heavy (non-hydrogen) atoms. The van der Waals surface area contributed by atoms with E-state index in [1.54, 1.807) is 43.5 Å². The number of ether oxygens (including phenoxy) is 1. The first-order chi connectivity index (χ1) is 16.0. The van der Waals surface area contributed by atoms with E-state index in [0.29, 0.717) is 38.5 Å². The number of halogens is 1. The number of nitrogens with zero attached hydrogens (tertiary/aromatic N) is 6. The molecule has 0 unspecified atom stereocenters. The van der Waals surface area contributed by atoms with Crippen LogP contribution in [-0.4, -0.2) is 69.9 Å². The Kier molecular flexibility index (Phi) is 7.87. The number of amides is 2. The minimum atomic E-state index is -0.640. The molecule has 1 N–H and O–H groups in total. The predicted molar refractivity (Wildman–Crippen MR) is 140 cm³/mol. The highest BCUT2D eigenvalue weighted by Crippen LogP contribution is 2.28. The first-order valence-electron chi connectivity index (χ1n) is 10.5. The topological polar surface area (TPSA) is 105 Å². The van der Waals surface area contributed by atoms with Gasteiger partial charge in [-0.1, -0.05) is 12.1 Å². The standard InChI is InChI=1S/C23H28IN7O3/c1-23(2,3)34-22(33)27-20-18-19(24)28-31(21(18)26-14-25-20)16-10-7-9-15(13-16)30(6)17(32)11-8-12-29(4)5/h7-11,13-14H,12H2,1-6H3,(H,25,26,27,33)/b11-8+. The van der Waals surface area contributed by atoms with Crippen LogP contribution >= 0.6 is 22.6 Å². The van der Waals surface area contributed by atoms with Crippen LogP contribution in [0.4, 0.5) is 16.3 Å². The van der Waals surface area contributed by atoms with Gasteiger partial charge in [-0.15, -0.1) is 0 Å².